The average molecular weight is 242 g/mol. The van der Waals surface area contributed by atoms with Gasteiger partial charge < -0.3 is 9.84 Å². The van der Waals surface area contributed by atoms with Crippen molar-refractivity contribution in [3.63, 3.8) is 0 Å². The van der Waals surface area contributed by atoms with E-state index in [0.717, 1.165) is 32.3 Å². The maximum atomic E-state index is 9.05. The Morgan fingerprint density at radius 2 is 1.59 bits per heavy atom. The van der Waals surface area contributed by atoms with E-state index in [2.05, 4.69) is 6.92 Å². The fourth-order valence-electron chi connectivity index (χ4n) is 2.61. The molecule has 0 bridgehead atoms. The Balaban J connectivity index is 1.87. The van der Waals surface area contributed by atoms with Gasteiger partial charge in [-0.05, 0) is 38.0 Å². The zero-order valence-electron chi connectivity index (χ0n) is 11.5. The van der Waals surface area contributed by atoms with Gasteiger partial charge in [0, 0.05) is 13.2 Å². The van der Waals surface area contributed by atoms with E-state index in [1.54, 1.807) is 0 Å². The molecule has 1 fully saturated rings. The first kappa shape index (κ1) is 15.0. The van der Waals surface area contributed by atoms with Crippen LogP contribution in [0.1, 0.15) is 71.1 Å². The first-order chi connectivity index (χ1) is 8.36. The Kier molecular flexibility index (Phi) is 8.72. The Morgan fingerprint density at radius 3 is 2.24 bits per heavy atom. The number of unbranched alkanes of at least 4 members (excludes halogenated alkanes) is 5. The molecule has 0 amide bonds. The largest absolute Gasteiger partial charge is 0.396 e. The van der Waals surface area contributed by atoms with E-state index in [1.807, 2.05) is 0 Å². The van der Waals surface area contributed by atoms with Gasteiger partial charge in [0.25, 0.3) is 0 Å². The normalized spacial score (nSPS) is 25.1. The van der Waals surface area contributed by atoms with Crippen LogP contribution in [0.15, 0.2) is 0 Å². The molecular weight excluding hydrogens is 212 g/mol. The summed E-state index contributed by atoms with van der Waals surface area (Å²) in [5.74, 6) is 0.545. The van der Waals surface area contributed by atoms with Gasteiger partial charge in [-0.1, -0.05) is 39.0 Å². The summed E-state index contributed by atoms with van der Waals surface area (Å²) in [7, 11) is 0. The van der Waals surface area contributed by atoms with E-state index in [9.17, 15) is 0 Å². The molecule has 0 saturated heterocycles. The molecule has 1 aliphatic carbocycles. The lowest BCUT2D eigenvalue weighted by Crippen LogP contribution is -2.23. The third kappa shape index (κ3) is 7.05. The molecule has 17 heavy (non-hydrogen) atoms. The maximum Gasteiger partial charge on any atom is 0.0575 e. The summed E-state index contributed by atoms with van der Waals surface area (Å²) in [6, 6.07) is 0. The zero-order valence-corrected chi connectivity index (χ0v) is 11.5. The van der Waals surface area contributed by atoms with Crippen LogP contribution in [0.5, 0.6) is 0 Å². The van der Waals surface area contributed by atoms with E-state index in [4.69, 9.17) is 9.84 Å². The van der Waals surface area contributed by atoms with Crippen LogP contribution in [0, 0.1) is 5.92 Å². The summed E-state index contributed by atoms with van der Waals surface area (Å²) in [5.41, 5.74) is 0. The highest BCUT2D eigenvalue weighted by atomic mass is 16.5. The van der Waals surface area contributed by atoms with Crippen LogP contribution < -0.4 is 0 Å². The molecule has 0 unspecified atom stereocenters. The molecule has 2 nitrogen and oxygen atoms in total. The summed E-state index contributed by atoms with van der Waals surface area (Å²) in [5, 5.41) is 9.05. The van der Waals surface area contributed by atoms with Gasteiger partial charge in [-0.15, -0.1) is 0 Å². The van der Waals surface area contributed by atoms with Gasteiger partial charge in [-0.2, -0.15) is 0 Å². The molecular formula is C15H30O2. The Labute approximate surface area is 107 Å². The SMILES string of the molecule is CCCCCCCCOC1CCC(CO)CC1. The lowest BCUT2D eigenvalue weighted by molar-refractivity contribution is 0.00963. The van der Waals surface area contributed by atoms with Crippen LogP contribution >= 0.6 is 0 Å². The maximum absolute atomic E-state index is 9.05. The molecule has 0 radical (unpaired) electrons. The van der Waals surface area contributed by atoms with Crippen LogP contribution in [0.2, 0.25) is 0 Å². The van der Waals surface area contributed by atoms with Crippen LogP contribution in [0.4, 0.5) is 0 Å². The highest BCUT2D eigenvalue weighted by Crippen LogP contribution is 2.25. The van der Waals surface area contributed by atoms with Crippen LogP contribution in [0.25, 0.3) is 0 Å². The molecule has 0 aromatic rings. The van der Waals surface area contributed by atoms with Gasteiger partial charge in [0.2, 0.25) is 0 Å². The smallest absolute Gasteiger partial charge is 0.0575 e. The molecule has 1 saturated carbocycles. The number of hydrogen-bond acceptors (Lipinski definition) is 2. The van der Waals surface area contributed by atoms with E-state index < -0.39 is 0 Å². The van der Waals surface area contributed by atoms with Crippen molar-refractivity contribution in [1.82, 2.24) is 0 Å². The quantitative estimate of drug-likeness (QED) is 0.621. The van der Waals surface area contributed by atoms with Crippen molar-refractivity contribution in [2.24, 2.45) is 5.92 Å². The highest BCUT2D eigenvalue weighted by Gasteiger charge is 2.20. The van der Waals surface area contributed by atoms with Gasteiger partial charge in [0.1, 0.15) is 0 Å². The first-order valence-corrected chi connectivity index (χ1v) is 7.59. The second kappa shape index (κ2) is 9.90. The number of ether oxygens (including phenoxy) is 1. The second-order valence-electron chi connectivity index (χ2n) is 5.46. The molecule has 1 N–H and O–H groups in total. The van der Waals surface area contributed by atoms with Crippen molar-refractivity contribution in [1.29, 1.82) is 0 Å². The minimum atomic E-state index is 0.365. The number of hydrogen-bond donors (Lipinski definition) is 1. The van der Waals surface area contributed by atoms with Crippen molar-refractivity contribution in [2.45, 2.75) is 77.2 Å². The van der Waals surface area contributed by atoms with Gasteiger partial charge in [0.05, 0.1) is 6.10 Å². The van der Waals surface area contributed by atoms with Gasteiger partial charge in [-0.3, -0.25) is 0 Å². The summed E-state index contributed by atoms with van der Waals surface area (Å²) in [4.78, 5) is 0. The van der Waals surface area contributed by atoms with Gasteiger partial charge in [0.15, 0.2) is 0 Å². The van der Waals surface area contributed by atoms with Crippen molar-refractivity contribution < 1.29 is 9.84 Å². The molecule has 1 aliphatic rings. The third-order valence-electron chi connectivity index (χ3n) is 3.90. The number of aliphatic hydroxyl groups excluding tert-OH is 1. The van der Waals surface area contributed by atoms with Gasteiger partial charge >= 0.3 is 0 Å². The third-order valence-corrected chi connectivity index (χ3v) is 3.90. The molecule has 1 rings (SSSR count). The summed E-state index contributed by atoms with van der Waals surface area (Å²) in [6.45, 7) is 3.57. The molecule has 102 valence electrons. The Morgan fingerprint density at radius 1 is 0.941 bits per heavy atom. The van der Waals surface area contributed by atoms with E-state index in [1.165, 1.54) is 38.5 Å². The topological polar surface area (TPSA) is 29.5 Å². The predicted molar refractivity (Wildman–Crippen MR) is 72.2 cm³/mol. The van der Waals surface area contributed by atoms with Gasteiger partial charge in [-0.25, -0.2) is 0 Å². The van der Waals surface area contributed by atoms with E-state index >= 15 is 0 Å². The van der Waals surface area contributed by atoms with E-state index in [-0.39, 0.29) is 0 Å². The standard InChI is InChI=1S/C15H30O2/c1-2-3-4-5-6-7-12-17-15-10-8-14(13-16)9-11-15/h14-16H,2-13H2,1H3. The highest BCUT2D eigenvalue weighted by molar-refractivity contribution is 4.72. The minimum absolute atomic E-state index is 0.365. The lowest BCUT2D eigenvalue weighted by atomic mass is 9.88. The van der Waals surface area contributed by atoms with Crippen molar-refractivity contribution >= 4 is 0 Å². The average Bonchev–Trinajstić information content (AvgIpc) is 2.38. The molecule has 0 heterocycles. The van der Waals surface area contributed by atoms with Crippen molar-refractivity contribution in [2.75, 3.05) is 13.2 Å². The van der Waals surface area contributed by atoms with Crippen molar-refractivity contribution in [3.05, 3.63) is 0 Å². The first-order valence-electron chi connectivity index (χ1n) is 7.59. The Hall–Kier alpha value is -0.0800. The second-order valence-corrected chi connectivity index (χ2v) is 5.46. The number of rotatable bonds is 9. The summed E-state index contributed by atoms with van der Waals surface area (Å²) in [6.07, 6.45) is 13.1. The van der Waals surface area contributed by atoms with Crippen molar-refractivity contribution in [3.8, 4) is 0 Å². The minimum Gasteiger partial charge on any atom is -0.396 e. The summed E-state index contributed by atoms with van der Waals surface area (Å²) >= 11 is 0. The monoisotopic (exact) mass is 242 g/mol. The molecule has 2 heteroatoms. The fourth-order valence-corrected chi connectivity index (χ4v) is 2.61. The molecule has 0 spiro atoms. The van der Waals surface area contributed by atoms with Crippen LogP contribution in [-0.4, -0.2) is 24.4 Å². The summed E-state index contributed by atoms with van der Waals surface area (Å²) < 4.78 is 5.90. The zero-order chi connectivity index (χ0) is 12.3. The molecule has 0 aromatic heterocycles. The molecule has 0 aromatic carbocycles. The fraction of sp³-hybridized carbons (Fsp3) is 1.00. The molecule has 0 aliphatic heterocycles. The predicted octanol–water partition coefficient (Wildman–Crippen LogP) is 3.91. The van der Waals surface area contributed by atoms with Crippen LogP contribution in [0.3, 0.4) is 0 Å². The number of aliphatic hydroxyl groups is 1. The van der Waals surface area contributed by atoms with Crippen LogP contribution in [-0.2, 0) is 4.74 Å². The Bertz CT molecular complexity index is 162. The van der Waals surface area contributed by atoms with E-state index in [0.29, 0.717) is 18.6 Å². The lowest BCUT2D eigenvalue weighted by Gasteiger charge is -2.27. The molecule has 0 atom stereocenters.